The number of halogens is 1. The molecule has 0 aliphatic carbocycles. The van der Waals surface area contributed by atoms with Crippen molar-refractivity contribution in [3.8, 4) is 0 Å². The van der Waals surface area contributed by atoms with Crippen LogP contribution in [0.4, 0.5) is 0 Å². The lowest BCUT2D eigenvalue weighted by Gasteiger charge is -2.04. The number of carbonyl (C=O) groups is 1. The maximum Gasteiger partial charge on any atom is 0.179 e. The minimum absolute atomic E-state index is 0.0190. The van der Waals surface area contributed by atoms with Gasteiger partial charge in [0.15, 0.2) is 5.78 Å². The lowest BCUT2D eigenvalue weighted by molar-refractivity contribution is 0.0904. The highest BCUT2D eigenvalue weighted by Crippen LogP contribution is 2.31. The molecule has 76 valence electrons. The van der Waals surface area contributed by atoms with Crippen LogP contribution in [-0.4, -0.2) is 19.0 Å². The summed E-state index contributed by atoms with van der Waals surface area (Å²) in [6.45, 7) is 3.16. The van der Waals surface area contributed by atoms with Crippen LogP contribution in [0.3, 0.4) is 0 Å². The lowest BCUT2D eigenvalue weighted by atomic mass is 10.0. The predicted octanol–water partition coefficient (Wildman–Crippen LogP) is 2.93. The molecule has 0 spiro atoms. The summed E-state index contributed by atoms with van der Waals surface area (Å²) in [6, 6.07) is 0. The Bertz CT molecular complexity index is 353. The predicted molar refractivity (Wildman–Crippen MR) is 57.3 cm³/mol. The molecule has 1 aliphatic heterocycles. The fraction of sp³-hybridized carbons (Fsp3) is 0.500. The van der Waals surface area contributed by atoms with Crippen LogP contribution in [-0.2, 0) is 4.74 Å². The molecule has 2 nitrogen and oxygen atoms in total. The number of ether oxygens (including phenoxy) is 1. The Kier molecular flexibility index (Phi) is 2.91. The zero-order valence-corrected chi connectivity index (χ0v) is 9.45. The molecule has 0 amide bonds. The molecular weight excluding hydrogens is 220 g/mol. The fourth-order valence-corrected chi connectivity index (χ4v) is 2.83. The van der Waals surface area contributed by atoms with Crippen molar-refractivity contribution >= 4 is 28.7 Å². The number of aryl methyl sites for hydroxylation is 1. The van der Waals surface area contributed by atoms with Crippen LogP contribution >= 0.6 is 22.9 Å². The fourth-order valence-electron chi connectivity index (χ4n) is 1.52. The van der Waals surface area contributed by atoms with E-state index >= 15 is 0 Å². The zero-order valence-electron chi connectivity index (χ0n) is 7.88. The Balaban J connectivity index is 2.22. The highest BCUT2D eigenvalue weighted by Gasteiger charge is 2.27. The Labute approximate surface area is 91.8 Å². The molecule has 1 fully saturated rings. The first-order valence-electron chi connectivity index (χ1n) is 4.55. The number of ketones is 1. The van der Waals surface area contributed by atoms with Crippen molar-refractivity contribution in [2.24, 2.45) is 5.92 Å². The van der Waals surface area contributed by atoms with Crippen LogP contribution in [0, 0.1) is 12.8 Å². The molecule has 0 aromatic carbocycles. The number of hydrogen-bond acceptors (Lipinski definition) is 3. The van der Waals surface area contributed by atoms with Gasteiger partial charge in [-0.05, 0) is 24.3 Å². The minimum Gasteiger partial charge on any atom is -0.381 e. The van der Waals surface area contributed by atoms with Gasteiger partial charge in [-0.3, -0.25) is 4.79 Å². The Morgan fingerprint density at radius 1 is 1.71 bits per heavy atom. The molecule has 1 aromatic heterocycles. The monoisotopic (exact) mass is 230 g/mol. The van der Waals surface area contributed by atoms with E-state index in [1.54, 1.807) is 0 Å². The van der Waals surface area contributed by atoms with Crippen molar-refractivity contribution in [2.45, 2.75) is 13.3 Å². The van der Waals surface area contributed by atoms with E-state index in [-0.39, 0.29) is 11.7 Å². The van der Waals surface area contributed by atoms with Crippen LogP contribution in [0.1, 0.15) is 21.7 Å². The van der Waals surface area contributed by atoms with E-state index in [9.17, 15) is 4.79 Å². The van der Waals surface area contributed by atoms with Gasteiger partial charge in [0, 0.05) is 12.5 Å². The lowest BCUT2D eigenvalue weighted by Crippen LogP contribution is -2.13. The van der Waals surface area contributed by atoms with Crippen molar-refractivity contribution in [1.82, 2.24) is 0 Å². The van der Waals surface area contributed by atoms with Crippen LogP contribution in [0.2, 0.25) is 5.02 Å². The van der Waals surface area contributed by atoms with Crippen molar-refractivity contribution in [3.63, 3.8) is 0 Å². The van der Waals surface area contributed by atoms with Gasteiger partial charge in [0.1, 0.15) is 0 Å². The third-order valence-electron chi connectivity index (χ3n) is 2.42. The number of thiophene rings is 1. The molecule has 0 radical (unpaired) electrons. The molecule has 1 aromatic rings. The molecule has 0 bridgehead atoms. The molecule has 1 atom stereocenters. The summed E-state index contributed by atoms with van der Waals surface area (Å²) in [6.07, 6.45) is 0.826. The molecule has 2 rings (SSSR count). The average molecular weight is 231 g/mol. The Morgan fingerprint density at radius 2 is 2.50 bits per heavy atom. The molecule has 4 heteroatoms. The molecule has 1 saturated heterocycles. The van der Waals surface area contributed by atoms with Gasteiger partial charge in [0.05, 0.1) is 16.5 Å². The first-order chi connectivity index (χ1) is 6.70. The van der Waals surface area contributed by atoms with E-state index in [0.29, 0.717) is 23.1 Å². The molecule has 1 unspecified atom stereocenters. The summed E-state index contributed by atoms with van der Waals surface area (Å²) in [5.41, 5.74) is 0.985. The zero-order chi connectivity index (χ0) is 10.1. The third kappa shape index (κ3) is 1.72. The highest BCUT2D eigenvalue weighted by molar-refractivity contribution is 7.13. The van der Waals surface area contributed by atoms with E-state index < -0.39 is 0 Å². The van der Waals surface area contributed by atoms with Crippen molar-refractivity contribution in [1.29, 1.82) is 0 Å². The normalized spacial score (nSPS) is 21.4. The van der Waals surface area contributed by atoms with Gasteiger partial charge in [0.2, 0.25) is 0 Å². The van der Waals surface area contributed by atoms with E-state index in [1.165, 1.54) is 11.3 Å². The summed E-state index contributed by atoms with van der Waals surface area (Å²) in [5, 5.41) is 2.54. The maximum absolute atomic E-state index is 11.9. The second-order valence-electron chi connectivity index (χ2n) is 3.49. The third-order valence-corrected chi connectivity index (χ3v) is 4.13. The Hall–Kier alpha value is -0.380. The summed E-state index contributed by atoms with van der Waals surface area (Å²) < 4.78 is 5.19. The number of rotatable bonds is 2. The van der Waals surface area contributed by atoms with Gasteiger partial charge in [0.25, 0.3) is 0 Å². The number of hydrogen-bond donors (Lipinski definition) is 0. The first-order valence-corrected chi connectivity index (χ1v) is 5.81. The van der Waals surface area contributed by atoms with Gasteiger partial charge < -0.3 is 4.74 Å². The standard InChI is InChI=1S/C10H11ClO2S/c1-6-5-14-10(8(6)11)9(12)7-2-3-13-4-7/h5,7H,2-4H2,1H3. The topological polar surface area (TPSA) is 26.3 Å². The first kappa shape index (κ1) is 10.1. The van der Waals surface area contributed by atoms with Gasteiger partial charge >= 0.3 is 0 Å². The largest absolute Gasteiger partial charge is 0.381 e. The van der Waals surface area contributed by atoms with Crippen molar-refractivity contribution in [3.05, 3.63) is 20.8 Å². The minimum atomic E-state index is 0.0190. The highest BCUT2D eigenvalue weighted by atomic mass is 35.5. The van der Waals surface area contributed by atoms with Crippen molar-refractivity contribution < 1.29 is 9.53 Å². The quantitative estimate of drug-likeness (QED) is 0.731. The molecule has 2 heterocycles. The molecule has 1 aliphatic rings. The van der Waals surface area contributed by atoms with E-state index in [1.807, 2.05) is 12.3 Å². The van der Waals surface area contributed by atoms with E-state index in [4.69, 9.17) is 16.3 Å². The van der Waals surface area contributed by atoms with Crippen LogP contribution in [0.15, 0.2) is 5.38 Å². The maximum atomic E-state index is 11.9. The summed E-state index contributed by atoms with van der Waals surface area (Å²) in [7, 11) is 0. The van der Waals surface area contributed by atoms with Gasteiger partial charge in [-0.2, -0.15) is 0 Å². The molecule has 14 heavy (non-hydrogen) atoms. The molecular formula is C10H11ClO2S. The summed E-state index contributed by atoms with van der Waals surface area (Å²) >= 11 is 7.46. The van der Waals surface area contributed by atoms with E-state index in [2.05, 4.69) is 0 Å². The molecule has 0 N–H and O–H groups in total. The SMILES string of the molecule is Cc1csc(C(=O)C2CCOC2)c1Cl. The second-order valence-corrected chi connectivity index (χ2v) is 4.74. The average Bonchev–Trinajstić information content (AvgIpc) is 2.77. The number of Topliss-reactive ketones (excluding diaryl/α,β-unsaturated/α-hetero) is 1. The van der Waals surface area contributed by atoms with E-state index in [0.717, 1.165) is 12.0 Å². The molecule has 0 saturated carbocycles. The van der Waals surface area contributed by atoms with Gasteiger partial charge in [-0.1, -0.05) is 11.6 Å². The smallest absolute Gasteiger partial charge is 0.179 e. The number of carbonyl (C=O) groups excluding carboxylic acids is 1. The van der Waals surface area contributed by atoms with Gasteiger partial charge in [-0.25, -0.2) is 0 Å². The van der Waals surface area contributed by atoms with Crippen LogP contribution < -0.4 is 0 Å². The van der Waals surface area contributed by atoms with Crippen LogP contribution in [0.5, 0.6) is 0 Å². The van der Waals surface area contributed by atoms with Crippen LogP contribution in [0.25, 0.3) is 0 Å². The second kappa shape index (κ2) is 4.01. The Morgan fingerprint density at radius 3 is 3.00 bits per heavy atom. The van der Waals surface area contributed by atoms with Gasteiger partial charge in [-0.15, -0.1) is 11.3 Å². The summed E-state index contributed by atoms with van der Waals surface area (Å²) in [5.74, 6) is 0.163. The summed E-state index contributed by atoms with van der Waals surface area (Å²) in [4.78, 5) is 12.6. The van der Waals surface area contributed by atoms with Crippen molar-refractivity contribution in [2.75, 3.05) is 13.2 Å².